The van der Waals surface area contributed by atoms with Gasteiger partial charge < -0.3 is 4.42 Å². The first-order chi connectivity index (χ1) is 12.3. The minimum atomic E-state index is -0.591. The van der Waals surface area contributed by atoms with Crippen molar-refractivity contribution < 1.29 is 18.4 Å². The molecule has 0 saturated carbocycles. The predicted molar refractivity (Wildman–Crippen MR) is 92.6 cm³/mol. The fourth-order valence-electron chi connectivity index (χ4n) is 2.85. The number of hydrogen-bond donors (Lipinski definition) is 1. The van der Waals surface area contributed by atoms with E-state index in [-0.39, 0.29) is 34.1 Å². The number of carbonyl (C=O) groups is 2. The van der Waals surface area contributed by atoms with Crippen molar-refractivity contribution in [2.24, 2.45) is 0 Å². The van der Waals surface area contributed by atoms with Gasteiger partial charge in [-0.25, -0.2) is 4.39 Å². The van der Waals surface area contributed by atoms with Crippen molar-refractivity contribution in [3.05, 3.63) is 58.2 Å². The lowest BCUT2D eigenvalue weighted by atomic mass is 10.1. The second-order valence-corrected chi connectivity index (χ2v) is 5.83. The van der Waals surface area contributed by atoms with E-state index in [1.807, 2.05) is 6.07 Å². The Bertz CT molecular complexity index is 1110. The number of rotatable bonds is 3. The number of benzene rings is 1. The predicted octanol–water partition coefficient (Wildman–Crippen LogP) is 3.91. The van der Waals surface area contributed by atoms with Crippen molar-refractivity contribution in [3.63, 3.8) is 0 Å². The van der Waals surface area contributed by atoms with E-state index in [1.54, 1.807) is 6.92 Å². The highest BCUT2D eigenvalue weighted by molar-refractivity contribution is 6.13. The summed E-state index contributed by atoms with van der Waals surface area (Å²) in [6.07, 6.45) is 0. The molecular weight excluding hydrogens is 337 g/mol. The molecule has 2 aromatic heterocycles. The molecule has 2 heterocycles. The summed E-state index contributed by atoms with van der Waals surface area (Å²) in [5.74, 6) is -1.30. The fourth-order valence-corrected chi connectivity index (χ4v) is 2.85. The molecule has 130 valence electrons. The quantitative estimate of drug-likeness (QED) is 0.722. The van der Waals surface area contributed by atoms with Crippen LogP contribution in [-0.4, -0.2) is 16.7 Å². The number of halogens is 1. The maximum atomic E-state index is 13.6. The summed E-state index contributed by atoms with van der Waals surface area (Å²) in [5.41, 5.74) is 1.33. The third kappa shape index (κ3) is 2.93. The summed E-state index contributed by atoms with van der Waals surface area (Å²) in [6.45, 7) is 4.56. The topological polar surface area (TPSA) is 96.0 Å². The van der Waals surface area contributed by atoms with Crippen LogP contribution >= 0.6 is 0 Å². The molecule has 0 saturated heterocycles. The number of aryl methyl sites for hydroxylation is 2. The lowest BCUT2D eigenvalue weighted by molar-refractivity contribution is 0.101. The van der Waals surface area contributed by atoms with Crippen molar-refractivity contribution in [1.29, 1.82) is 5.26 Å². The number of nitriles is 1. The number of furan rings is 1. The van der Waals surface area contributed by atoms with Gasteiger partial charge >= 0.3 is 0 Å². The highest BCUT2D eigenvalue weighted by Gasteiger charge is 2.23. The van der Waals surface area contributed by atoms with Gasteiger partial charge in [-0.05, 0) is 45.0 Å². The van der Waals surface area contributed by atoms with Gasteiger partial charge in [0.1, 0.15) is 23.2 Å². The summed E-state index contributed by atoms with van der Waals surface area (Å²) in [6, 6.07) is 7.37. The van der Waals surface area contributed by atoms with E-state index >= 15 is 0 Å². The van der Waals surface area contributed by atoms with Gasteiger partial charge in [-0.3, -0.25) is 19.9 Å². The number of aromatic nitrogens is 1. The second kappa shape index (κ2) is 6.41. The molecule has 6 nitrogen and oxygen atoms in total. The zero-order valence-corrected chi connectivity index (χ0v) is 14.3. The average Bonchev–Trinajstić information content (AvgIpc) is 2.89. The number of nitrogens with zero attached hydrogens (tertiary/aromatic N) is 2. The van der Waals surface area contributed by atoms with Crippen LogP contribution in [0.25, 0.3) is 10.9 Å². The molecule has 1 aromatic carbocycles. The SMILES string of the molecule is CC(=O)c1c(C)oc(NC(=O)c2cc(C)nc3ccc(F)cc23)c1C#N. The normalized spacial score (nSPS) is 10.6. The van der Waals surface area contributed by atoms with Gasteiger partial charge in [-0.1, -0.05) is 0 Å². The lowest BCUT2D eigenvalue weighted by Crippen LogP contribution is -2.14. The number of Topliss-reactive ketones (excluding diaryl/α,β-unsaturated/α-hetero) is 1. The molecule has 26 heavy (non-hydrogen) atoms. The molecule has 0 unspecified atom stereocenters. The first-order valence-corrected chi connectivity index (χ1v) is 7.74. The number of anilines is 1. The van der Waals surface area contributed by atoms with E-state index in [1.165, 1.54) is 38.1 Å². The van der Waals surface area contributed by atoms with Crippen LogP contribution in [0.3, 0.4) is 0 Å². The van der Waals surface area contributed by atoms with E-state index in [0.717, 1.165) is 0 Å². The maximum Gasteiger partial charge on any atom is 0.258 e. The minimum absolute atomic E-state index is 0.0374. The van der Waals surface area contributed by atoms with Gasteiger partial charge in [-0.2, -0.15) is 5.26 Å². The number of nitrogens with one attached hydrogen (secondary N) is 1. The van der Waals surface area contributed by atoms with Gasteiger partial charge in [0.2, 0.25) is 5.88 Å². The molecule has 0 aliphatic rings. The Balaban J connectivity index is 2.09. The lowest BCUT2D eigenvalue weighted by Gasteiger charge is -2.08. The van der Waals surface area contributed by atoms with Crippen LogP contribution in [0.1, 0.15) is 44.7 Å². The summed E-state index contributed by atoms with van der Waals surface area (Å²) in [5, 5.41) is 12.2. The monoisotopic (exact) mass is 351 g/mol. The zero-order valence-electron chi connectivity index (χ0n) is 14.3. The third-order valence-corrected chi connectivity index (χ3v) is 3.92. The smallest absolute Gasteiger partial charge is 0.258 e. The molecule has 0 spiro atoms. The minimum Gasteiger partial charge on any atom is -0.443 e. The van der Waals surface area contributed by atoms with Crippen LogP contribution < -0.4 is 5.32 Å². The number of fused-ring (bicyclic) bond motifs is 1. The van der Waals surface area contributed by atoms with E-state index < -0.39 is 11.7 Å². The molecule has 0 bridgehead atoms. The first kappa shape index (κ1) is 17.3. The molecule has 0 aliphatic carbocycles. The Morgan fingerprint density at radius 3 is 2.65 bits per heavy atom. The van der Waals surface area contributed by atoms with E-state index in [0.29, 0.717) is 16.6 Å². The van der Waals surface area contributed by atoms with Crippen molar-refractivity contribution in [3.8, 4) is 6.07 Å². The van der Waals surface area contributed by atoms with Gasteiger partial charge in [0.05, 0.1) is 16.6 Å². The van der Waals surface area contributed by atoms with Crippen LogP contribution in [-0.2, 0) is 0 Å². The second-order valence-electron chi connectivity index (χ2n) is 5.83. The molecule has 1 amide bonds. The van der Waals surface area contributed by atoms with Crippen LogP contribution in [0.2, 0.25) is 0 Å². The number of amides is 1. The van der Waals surface area contributed by atoms with Crippen molar-refractivity contribution in [2.75, 3.05) is 5.32 Å². The van der Waals surface area contributed by atoms with Crippen LogP contribution in [0.15, 0.2) is 28.7 Å². The number of hydrogen-bond acceptors (Lipinski definition) is 5. The highest BCUT2D eigenvalue weighted by atomic mass is 19.1. The molecule has 0 aliphatic heterocycles. The molecule has 0 radical (unpaired) electrons. The van der Waals surface area contributed by atoms with Gasteiger partial charge in [0, 0.05) is 11.1 Å². The van der Waals surface area contributed by atoms with Gasteiger partial charge in [0.15, 0.2) is 5.78 Å². The van der Waals surface area contributed by atoms with Crippen molar-refractivity contribution in [1.82, 2.24) is 4.98 Å². The largest absolute Gasteiger partial charge is 0.443 e. The third-order valence-electron chi connectivity index (χ3n) is 3.92. The van der Waals surface area contributed by atoms with E-state index in [9.17, 15) is 19.2 Å². The molecule has 3 aromatic rings. The summed E-state index contributed by atoms with van der Waals surface area (Å²) < 4.78 is 19.0. The van der Waals surface area contributed by atoms with E-state index in [4.69, 9.17) is 4.42 Å². The van der Waals surface area contributed by atoms with Crippen LogP contribution in [0.4, 0.5) is 10.3 Å². The molecule has 7 heteroatoms. The Kier molecular flexibility index (Phi) is 4.26. The van der Waals surface area contributed by atoms with Gasteiger partial charge in [-0.15, -0.1) is 0 Å². The maximum absolute atomic E-state index is 13.6. The van der Waals surface area contributed by atoms with Crippen molar-refractivity contribution >= 4 is 28.5 Å². The van der Waals surface area contributed by atoms with Crippen LogP contribution in [0, 0.1) is 31.0 Å². The Hall–Kier alpha value is -3.53. The standard InChI is InChI=1S/C19H14FN3O3/c1-9-6-14(13-7-12(20)4-5-16(13)22-9)18(25)23-19-15(8-21)17(10(2)24)11(3)26-19/h4-7H,1-3H3,(H,23,25). The summed E-state index contributed by atoms with van der Waals surface area (Å²) >= 11 is 0. The molecule has 0 fully saturated rings. The Morgan fingerprint density at radius 2 is 2.00 bits per heavy atom. The molecular formula is C19H14FN3O3. The van der Waals surface area contributed by atoms with E-state index in [2.05, 4.69) is 10.3 Å². The van der Waals surface area contributed by atoms with Crippen molar-refractivity contribution in [2.45, 2.75) is 20.8 Å². The first-order valence-electron chi connectivity index (χ1n) is 7.74. The zero-order chi connectivity index (χ0) is 19.0. The highest BCUT2D eigenvalue weighted by Crippen LogP contribution is 2.28. The Morgan fingerprint density at radius 1 is 1.27 bits per heavy atom. The summed E-state index contributed by atoms with van der Waals surface area (Å²) in [4.78, 5) is 28.7. The number of pyridine rings is 1. The Labute approximate surface area is 148 Å². The molecule has 1 N–H and O–H groups in total. The van der Waals surface area contributed by atoms with Gasteiger partial charge in [0.25, 0.3) is 5.91 Å². The van der Waals surface area contributed by atoms with Crippen LogP contribution in [0.5, 0.6) is 0 Å². The average molecular weight is 351 g/mol. The number of ketones is 1. The number of carbonyl (C=O) groups excluding carboxylic acids is 2. The fraction of sp³-hybridized carbons (Fsp3) is 0.158. The molecule has 0 atom stereocenters. The molecule has 3 rings (SSSR count). The summed E-state index contributed by atoms with van der Waals surface area (Å²) in [7, 11) is 0.